The van der Waals surface area contributed by atoms with E-state index in [4.69, 9.17) is 8.83 Å². The highest BCUT2D eigenvalue weighted by Gasteiger charge is 2.24. The number of hydrogen-bond donors (Lipinski definition) is 0. The molecule has 4 rings (SSSR count). The molecular weight excluding hydrogens is 353 g/mol. The second-order valence-corrected chi connectivity index (χ2v) is 7.04. The Morgan fingerprint density at radius 2 is 1.69 bits per heavy atom. The predicted octanol–water partition coefficient (Wildman–Crippen LogP) is 5.38. The van der Waals surface area contributed by atoms with Gasteiger partial charge in [0, 0.05) is 10.1 Å². The molecule has 26 heavy (non-hydrogen) atoms. The van der Waals surface area contributed by atoms with Crippen LogP contribution in [0, 0.1) is 12.7 Å². The minimum absolute atomic E-state index is 0.170. The number of fused-ring (bicyclic) bond motifs is 1. The van der Waals surface area contributed by atoms with Gasteiger partial charge in [0.15, 0.2) is 0 Å². The number of hydrogen-bond acceptors (Lipinski definition) is 4. The molecule has 0 N–H and O–H groups in total. The summed E-state index contributed by atoms with van der Waals surface area (Å²) in [5.74, 6) is 0.875. The van der Waals surface area contributed by atoms with Gasteiger partial charge in [-0.05, 0) is 48.9 Å². The number of carbonyl (C=O) groups is 1. The molecule has 3 heterocycles. The maximum Gasteiger partial charge on any atom is 0.265 e. The summed E-state index contributed by atoms with van der Waals surface area (Å²) in [5, 5.41) is 0.511. The average molecular weight is 369 g/mol. The van der Waals surface area contributed by atoms with Crippen LogP contribution in [0.5, 0.6) is 0 Å². The van der Waals surface area contributed by atoms with Crippen LogP contribution in [0.3, 0.4) is 0 Å². The topological polar surface area (TPSA) is 46.6 Å². The van der Waals surface area contributed by atoms with E-state index in [9.17, 15) is 9.18 Å². The van der Waals surface area contributed by atoms with Crippen molar-refractivity contribution in [3.05, 3.63) is 82.8 Å². The third kappa shape index (κ3) is 3.04. The van der Waals surface area contributed by atoms with Crippen LogP contribution in [-0.4, -0.2) is 10.8 Å². The minimum Gasteiger partial charge on any atom is -0.467 e. The maximum absolute atomic E-state index is 14.2. The summed E-state index contributed by atoms with van der Waals surface area (Å²) in [7, 11) is 0. The van der Waals surface area contributed by atoms with Crippen LogP contribution < -0.4 is 0 Å². The molecule has 0 saturated heterocycles. The van der Waals surface area contributed by atoms with Gasteiger partial charge in [-0.15, -0.1) is 11.3 Å². The number of carbonyl (C=O) groups excluding carboxylic acids is 1. The van der Waals surface area contributed by atoms with E-state index in [0.717, 1.165) is 4.70 Å². The molecule has 0 unspecified atom stereocenters. The monoisotopic (exact) mass is 369 g/mol. The molecule has 0 spiro atoms. The quantitative estimate of drug-likeness (QED) is 0.475. The van der Waals surface area contributed by atoms with E-state index in [-0.39, 0.29) is 11.7 Å². The Balaban J connectivity index is 1.71. The van der Waals surface area contributed by atoms with E-state index >= 15 is 0 Å². The normalized spacial score (nSPS) is 11.2. The highest BCUT2D eigenvalue weighted by atomic mass is 32.1. The summed E-state index contributed by atoms with van der Waals surface area (Å²) >= 11 is 1.31. The van der Waals surface area contributed by atoms with Crippen LogP contribution in [0.4, 0.5) is 4.39 Å². The lowest BCUT2D eigenvalue weighted by molar-refractivity contribution is 0.0709. The van der Waals surface area contributed by atoms with Crippen molar-refractivity contribution in [2.24, 2.45) is 0 Å². The standard InChI is InChI=1S/C20H16FNO3S/c1-13-18-16(21)7-2-8-17(18)26-19(13)20(23)22(11-14-5-3-9-24-14)12-15-6-4-10-25-15/h2-10H,11-12H2,1H3. The van der Waals surface area contributed by atoms with Crippen LogP contribution in [0.1, 0.15) is 26.8 Å². The Labute approximate surface area is 153 Å². The first-order chi connectivity index (χ1) is 12.6. The fraction of sp³-hybridized carbons (Fsp3) is 0.150. The Morgan fingerprint density at radius 1 is 1.04 bits per heavy atom. The number of benzene rings is 1. The zero-order valence-corrected chi connectivity index (χ0v) is 14.9. The van der Waals surface area contributed by atoms with Crippen molar-refractivity contribution >= 4 is 27.3 Å². The minimum atomic E-state index is -0.307. The maximum atomic E-state index is 14.2. The summed E-state index contributed by atoms with van der Waals surface area (Å²) in [6.07, 6.45) is 3.15. The smallest absolute Gasteiger partial charge is 0.265 e. The van der Waals surface area contributed by atoms with Crippen LogP contribution in [0.15, 0.2) is 63.8 Å². The van der Waals surface area contributed by atoms with Gasteiger partial charge in [-0.1, -0.05) is 6.07 Å². The lowest BCUT2D eigenvalue weighted by atomic mass is 10.1. The van der Waals surface area contributed by atoms with E-state index in [1.54, 1.807) is 42.5 Å². The number of aryl methyl sites for hydroxylation is 1. The lowest BCUT2D eigenvalue weighted by Gasteiger charge is -2.20. The molecular formula is C20H16FNO3S. The van der Waals surface area contributed by atoms with Crippen LogP contribution in [0.2, 0.25) is 0 Å². The highest BCUT2D eigenvalue weighted by molar-refractivity contribution is 7.21. The molecule has 0 bridgehead atoms. The molecule has 0 atom stereocenters. The van der Waals surface area contributed by atoms with Gasteiger partial charge in [-0.3, -0.25) is 4.79 Å². The van der Waals surface area contributed by atoms with Gasteiger partial charge in [0.2, 0.25) is 0 Å². The van der Waals surface area contributed by atoms with Crippen molar-refractivity contribution in [3.8, 4) is 0 Å². The van der Waals surface area contributed by atoms with Crippen molar-refractivity contribution < 1.29 is 18.0 Å². The second kappa shape index (κ2) is 6.80. The van der Waals surface area contributed by atoms with Crippen molar-refractivity contribution in [2.45, 2.75) is 20.0 Å². The molecule has 0 aliphatic carbocycles. The van der Waals surface area contributed by atoms with Gasteiger partial charge < -0.3 is 13.7 Å². The zero-order chi connectivity index (χ0) is 18.1. The van der Waals surface area contributed by atoms with Gasteiger partial charge in [-0.25, -0.2) is 4.39 Å². The molecule has 4 aromatic rings. The van der Waals surface area contributed by atoms with E-state index in [2.05, 4.69) is 0 Å². The van der Waals surface area contributed by atoms with Crippen molar-refractivity contribution in [3.63, 3.8) is 0 Å². The van der Waals surface area contributed by atoms with Gasteiger partial charge in [0.05, 0.1) is 30.5 Å². The zero-order valence-electron chi connectivity index (χ0n) is 14.1. The predicted molar refractivity (Wildman–Crippen MR) is 97.5 cm³/mol. The summed E-state index contributed by atoms with van der Waals surface area (Å²) in [5.41, 5.74) is 0.664. The fourth-order valence-corrected chi connectivity index (χ4v) is 4.17. The summed E-state index contributed by atoms with van der Waals surface area (Å²) < 4.78 is 25.7. The second-order valence-electron chi connectivity index (χ2n) is 5.99. The summed E-state index contributed by atoms with van der Waals surface area (Å²) in [6, 6.07) is 12.1. The number of amides is 1. The third-order valence-electron chi connectivity index (χ3n) is 4.24. The Bertz CT molecular complexity index is 999. The highest BCUT2D eigenvalue weighted by Crippen LogP contribution is 2.34. The van der Waals surface area contributed by atoms with E-state index < -0.39 is 0 Å². The Hall–Kier alpha value is -2.86. The average Bonchev–Trinajstić information content (AvgIpc) is 3.36. The molecule has 132 valence electrons. The fourth-order valence-electron chi connectivity index (χ4n) is 2.98. The third-order valence-corrected chi connectivity index (χ3v) is 5.48. The van der Waals surface area contributed by atoms with E-state index in [0.29, 0.717) is 40.4 Å². The van der Waals surface area contributed by atoms with Crippen LogP contribution >= 0.6 is 11.3 Å². The molecule has 6 heteroatoms. The van der Waals surface area contributed by atoms with Crippen molar-refractivity contribution in [2.75, 3.05) is 0 Å². The molecule has 0 aliphatic rings. The number of thiophene rings is 1. The van der Waals surface area contributed by atoms with Crippen LogP contribution in [0.25, 0.3) is 10.1 Å². The molecule has 0 fully saturated rings. The molecule has 1 aromatic carbocycles. The molecule has 1 amide bonds. The number of furan rings is 2. The first-order valence-corrected chi connectivity index (χ1v) is 8.97. The molecule has 3 aromatic heterocycles. The molecule has 4 nitrogen and oxygen atoms in total. The summed E-state index contributed by atoms with van der Waals surface area (Å²) in [4.78, 5) is 15.4. The molecule has 0 radical (unpaired) electrons. The number of rotatable bonds is 5. The van der Waals surface area contributed by atoms with E-state index in [1.807, 2.05) is 18.2 Å². The first-order valence-electron chi connectivity index (χ1n) is 8.15. The van der Waals surface area contributed by atoms with Crippen LogP contribution in [-0.2, 0) is 13.1 Å². The van der Waals surface area contributed by atoms with Gasteiger partial charge in [0.1, 0.15) is 17.3 Å². The summed E-state index contributed by atoms with van der Waals surface area (Å²) in [6.45, 7) is 2.40. The van der Waals surface area contributed by atoms with Gasteiger partial charge in [0.25, 0.3) is 5.91 Å². The largest absolute Gasteiger partial charge is 0.467 e. The molecule has 0 aliphatic heterocycles. The van der Waals surface area contributed by atoms with Crippen molar-refractivity contribution in [1.29, 1.82) is 0 Å². The Kier molecular flexibility index (Phi) is 4.34. The van der Waals surface area contributed by atoms with Gasteiger partial charge >= 0.3 is 0 Å². The first kappa shape index (κ1) is 16.6. The van der Waals surface area contributed by atoms with E-state index in [1.165, 1.54) is 17.4 Å². The molecule has 0 saturated carbocycles. The van der Waals surface area contributed by atoms with Crippen molar-refractivity contribution in [1.82, 2.24) is 4.90 Å². The Morgan fingerprint density at radius 3 is 2.23 bits per heavy atom. The van der Waals surface area contributed by atoms with Gasteiger partial charge in [-0.2, -0.15) is 0 Å². The lowest BCUT2D eigenvalue weighted by Crippen LogP contribution is -2.29. The number of halogens is 1. The SMILES string of the molecule is Cc1c(C(=O)N(Cc2ccco2)Cc2ccco2)sc2cccc(F)c12. The number of nitrogens with zero attached hydrogens (tertiary/aromatic N) is 1.